The molecule has 0 aromatic carbocycles. The maximum absolute atomic E-state index is 12.0. The average Bonchev–Trinajstić information content (AvgIpc) is 2.97. The number of likely N-dealkylation sites (N-methyl/N-ethyl adjacent to an activating group) is 1. The Bertz CT molecular complexity index is 628. The lowest BCUT2D eigenvalue weighted by Gasteiger charge is -2.17. The molecule has 2 aromatic rings. The van der Waals surface area contributed by atoms with Gasteiger partial charge in [0.1, 0.15) is 0 Å². The highest BCUT2D eigenvalue weighted by molar-refractivity contribution is 7.07. The van der Waals surface area contributed by atoms with Gasteiger partial charge < -0.3 is 14.7 Å². The van der Waals surface area contributed by atoms with Crippen molar-refractivity contribution in [2.24, 2.45) is 0 Å². The maximum atomic E-state index is 12.0. The molecule has 0 aliphatic heterocycles. The van der Waals surface area contributed by atoms with Crippen molar-refractivity contribution < 1.29 is 19.4 Å². The van der Waals surface area contributed by atoms with Gasteiger partial charge in [0.2, 0.25) is 0 Å². The zero-order valence-corrected chi connectivity index (χ0v) is 12.2. The fraction of sp³-hybridized carbons (Fsp3) is 0.214. The van der Waals surface area contributed by atoms with E-state index in [-0.39, 0.29) is 24.0 Å². The molecule has 6 nitrogen and oxygen atoms in total. The van der Waals surface area contributed by atoms with Crippen LogP contribution in [0.4, 0.5) is 0 Å². The van der Waals surface area contributed by atoms with E-state index in [2.05, 4.69) is 4.98 Å². The van der Waals surface area contributed by atoms with Gasteiger partial charge in [0.15, 0.2) is 18.1 Å². The summed E-state index contributed by atoms with van der Waals surface area (Å²) in [5, 5.41) is 12.9. The van der Waals surface area contributed by atoms with Gasteiger partial charge >= 0.3 is 5.97 Å². The summed E-state index contributed by atoms with van der Waals surface area (Å²) in [4.78, 5) is 28.2. The summed E-state index contributed by atoms with van der Waals surface area (Å²) in [6.45, 7) is 0.261. The van der Waals surface area contributed by atoms with Crippen molar-refractivity contribution in [1.29, 1.82) is 0 Å². The number of hydrogen-bond acceptors (Lipinski definition) is 5. The van der Waals surface area contributed by atoms with Gasteiger partial charge in [-0.25, -0.2) is 9.78 Å². The van der Waals surface area contributed by atoms with Gasteiger partial charge in [0.25, 0.3) is 5.91 Å². The van der Waals surface area contributed by atoms with E-state index in [1.54, 1.807) is 24.5 Å². The Morgan fingerprint density at radius 1 is 1.43 bits per heavy atom. The molecule has 0 aliphatic rings. The molecule has 110 valence electrons. The van der Waals surface area contributed by atoms with E-state index < -0.39 is 5.97 Å². The van der Waals surface area contributed by atoms with Crippen LogP contribution in [0, 0.1) is 0 Å². The quantitative estimate of drug-likeness (QED) is 0.881. The first-order chi connectivity index (χ1) is 10.1. The normalized spacial score (nSPS) is 10.1. The summed E-state index contributed by atoms with van der Waals surface area (Å²) in [7, 11) is 1.67. The van der Waals surface area contributed by atoms with E-state index in [4.69, 9.17) is 9.84 Å². The monoisotopic (exact) mass is 306 g/mol. The zero-order chi connectivity index (χ0) is 15.2. The number of carboxylic acid groups (broad SMARTS) is 1. The Hall–Kier alpha value is -2.41. The zero-order valence-electron chi connectivity index (χ0n) is 11.4. The first-order valence-corrected chi connectivity index (χ1v) is 7.08. The molecule has 2 aromatic heterocycles. The van der Waals surface area contributed by atoms with E-state index in [0.717, 1.165) is 5.56 Å². The average molecular weight is 306 g/mol. The van der Waals surface area contributed by atoms with Gasteiger partial charge in [-0.1, -0.05) is 0 Å². The first kappa shape index (κ1) is 15.0. The van der Waals surface area contributed by atoms with Crippen LogP contribution in [0.3, 0.4) is 0 Å². The van der Waals surface area contributed by atoms with Crippen LogP contribution >= 0.6 is 11.3 Å². The molecule has 2 rings (SSSR count). The van der Waals surface area contributed by atoms with Gasteiger partial charge in [-0.2, -0.15) is 11.3 Å². The van der Waals surface area contributed by atoms with Crippen LogP contribution in [-0.2, 0) is 11.3 Å². The third-order valence-electron chi connectivity index (χ3n) is 2.75. The number of aromatic carboxylic acids is 1. The Morgan fingerprint density at radius 3 is 2.90 bits per heavy atom. The van der Waals surface area contributed by atoms with Crippen molar-refractivity contribution in [3.05, 3.63) is 46.4 Å². The molecule has 2 heterocycles. The molecular weight excluding hydrogens is 292 g/mol. The summed E-state index contributed by atoms with van der Waals surface area (Å²) in [6, 6.07) is 4.98. The second-order valence-electron chi connectivity index (χ2n) is 4.33. The summed E-state index contributed by atoms with van der Waals surface area (Å²) in [6.07, 6.45) is 1.36. The summed E-state index contributed by atoms with van der Waals surface area (Å²) >= 11 is 1.57. The van der Waals surface area contributed by atoms with Gasteiger partial charge in [-0.05, 0) is 34.5 Å². The predicted molar refractivity (Wildman–Crippen MR) is 77.5 cm³/mol. The number of aromatic nitrogens is 1. The number of rotatable bonds is 6. The third kappa shape index (κ3) is 4.03. The summed E-state index contributed by atoms with van der Waals surface area (Å²) in [5.41, 5.74) is 0.842. The topological polar surface area (TPSA) is 79.7 Å². The number of carboxylic acids is 1. The van der Waals surface area contributed by atoms with E-state index in [1.165, 1.54) is 17.2 Å². The van der Waals surface area contributed by atoms with Crippen LogP contribution in [-0.4, -0.2) is 40.5 Å². The Morgan fingerprint density at radius 2 is 2.24 bits per heavy atom. The fourth-order valence-corrected chi connectivity index (χ4v) is 2.32. The minimum Gasteiger partial charge on any atom is -0.481 e. The Balaban J connectivity index is 1.93. The molecule has 7 heteroatoms. The lowest BCUT2D eigenvalue weighted by molar-refractivity contribution is -0.132. The van der Waals surface area contributed by atoms with E-state index >= 15 is 0 Å². The number of nitrogens with zero attached hydrogens (tertiary/aromatic N) is 2. The van der Waals surface area contributed by atoms with E-state index in [1.807, 2.05) is 16.8 Å². The molecule has 0 saturated carbocycles. The Kier molecular flexibility index (Phi) is 4.89. The second kappa shape index (κ2) is 6.85. The third-order valence-corrected chi connectivity index (χ3v) is 3.48. The lowest BCUT2D eigenvalue weighted by atomic mass is 10.3. The van der Waals surface area contributed by atoms with Crippen LogP contribution < -0.4 is 4.74 Å². The number of pyridine rings is 1. The van der Waals surface area contributed by atoms with Crippen molar-refractivity contribution in [3.8, 4) is 5.75 Å². The summed E-state index contributed by atoms with van der Waals surface area (Å²) in [5.74, 6) is -1.34. The molecule has 21 heavy (non-hydrogen) atoms. The van der Waals surface area contributed by atoms with Crippen molar-refractivity contribution in [2.75, 3.05) is 13.7 Å². The largest absolute Gasteiger partial charge is 0.481 e. The molecule has 0 saturated heterocycles. The molecule has 1 N–H and O–H groups in total. The number of ether oxygens (including phenoxy) is 1. The van der Waals surface area contributed by atoms with E-state index in [0.29, 0.717) is 6.54 Å². The number of carbonyl (C=O) groups is 2. The highest BCUT2D eigenvalue weighted by Crippen LogP contribution is 2.15. The smallest absolute Gasteiger partial charge is 0.358 e. The van der Waals surface area contributed by atoms with Crippen molar-refractivity contribution in [3.63, 3.8) is 0 Å². The number of amides is 1. The maximum Gasteiger partial charge on any atom is 0.358 e. The molecule has 0 aliphatic carbocycles. The van der Waals surface area contributed by atoms with E-state index in [9.17, 15) is 9.59 Å². The summed E-state index contributed by atoms with van der Waals surface area (Å²) < 4.78 is 5.27. The van der Waals surface area contributed by atoms with Crippen LogP contribution in [0.15, 0.2) is 35.2 Å². The molecule has 0 bridgehead atoms. The molecule has 1 amide bonds. The SMILES string of the molecule is CN(Cc1ccsc1)C(=O)COc1cccnc1C(=O)O. The number of carbonyl (C=O) groups excluding carboxylic acids is 1. The van der Waals surface area contributed by atoms with Gasteiger partial charge in [-0.15, -0.1) is 0 Å². The number of hydrogen-bond donors (Lipinski definition) is 1. The minimum atomic E-state index is -1.19. The molecular formula is C14H14N2O4S. The first-order valence-electron chi connectivity index (χ1n) is 6.14. The highest BCUT2D eigenvalue weighted by atomic mass is 32.1. The van der Waals surface area contributed by atoms with Crippen LogP contribution in [0.25, 0.3) is 0 Å². The lowest BCUT2D eigenvalue weighted by Crippen LogP contribution is -2.31. The molecule has 0 fully saturated rings. The van der Waals surface area contributed by atoms with Crippen LogP contribution in [0.1, 0.15) is 16.1 Å². The Labute approximate surface area is 125 Å². The molecule has 0 unspecified atom stereocenters. The van der Waals surface area contributed by atoms with Gasteiger partial charge in [-0.3, -0.25) is 4.79 Å². The molecule has 0 spiro atoms. The van der Waals surface area contributed by atoms with Crippen molar-refractivity contribution >= 4 is 23.2 Å². The van der Waals surface area contributed by atoms with Gasteiger partial charge in [0.05, 0.1) is 0 Å². The minimum absolute atomic E-state index is 0.0854. The van der Waals surface area contributed by atoms with Crippen LogP contribution in [0.2, 0.25) is 0 Å². The molecule has 0 atom stereocenters. The predicted octanol–water partition coefficient (Wildman–Crippen LogP) is 1.88. The standard InChI is InChI=1S/C14H14N2O4S/c1-16(7-10-4-6-21-9-10)12(17)8-20-11-3-2-5-15-13(11)14(18)19/h2-6,9H,7-8H2,1H3,(H,18,19). The highest BCUT2D eigenvalue weighted by Gasteiger charge is 2.15. The van der Waals surface area contributed by atoms with Crippen LogP contribution in [0.5, 0.6) is 5.75 Å². The molecule has 0 radical (unpaired) electrons. The fourth-order valence-electron chi connectivity index (χ4n) is 1.66. The van der Waals surface area contributed by atoms with Crippen molar-refractivity contribution in [1.82, 2.24) is 9.88 Å². The number of thiophene rings is 1. The van der Waals surface area contributed by atoms with Gasteiger partial charge in [0, 0.05) is 19.8 Å². The van der Waals surface area contributed by atoms with Crippen molar-refractivity contribution in [2.45, 2.75) is 6.54 Å². The second-order valence-corrected chi connectivity index (χ2v) is 5.11.